The lowest BCUT2D eigenvalue weighted by atomic mass is 9.96. The lowest BCUT2D eigenvalue weighted by Gasteiger charge is -2.36. The van der Waals surface area contributed by atoms with E-state index in [9.17, 15) is 23.8 Å². The highest BCUT2D eigenvalue weighted by Gasteiger charge is 2.40. The van der Waals surface area contributed by atoms with E-state index in [2.05, 4.69) is 10.3 Å². The first kappa shape index (κ1) is 21.7. The number of aryl methyl sites for hydroxylation is 1. The minimum atomic E-state index is -1.91. The highest BCUT2D eigenvalue weighted by molar-refractivity contribution is 5.95. The third-order valence-electron chi connectivity index (χ3n) is 4.99. The molecule has 0 radical (unpaired) electrons. The fourth-order valence-corrected chi connectivity index (χ4v) is 2.80. The molecule has 0 saturated heterocycles. The first-order chi connectivity index (χ1) is 13.9. The molecular weight excluding hydrogens is 396 g/mol. The molecule has 2 heterocycles. The van der Waals surface area contributed by atoms with Gasteiger partial charge in [0.1, 0.15) is 29.5 Å². The number of carbonyl (C=O) groups is 1. The zero-order valence-corrected chi connectivity index (χ0v) is 17.0. The summed E-state index contributed by atoms with van der Waals surface area (Å²) in [6.07, 6.45) is 1.57. The highest BCUT2D eigenvalue weighted by Crippen LogP contribution is 2.25. The lowest BCUT2D eigenvalue weighted by Crippen LogP contribution is -2.60. The van der Waals surface area contributed by atoms with Crippen LogP contribution in [0.5, 0.6) is 5.75 Å². The SMILES string of the molecule is Cc1nc2c(OCc3c(F)cccc3F)cccn2c1C(=O)NC(C)(O)C(C)(C)O. The molecule has 0 aliphatic heterocycles. The van der Waals surface area contributed by atoms with Gasteiger partial charge in [-0.1, -0.05) is 6.07 Å². The van der Waals surface area contributed by atoms with Gasteiger partial charge in [-0.05, 0) is 52.0 Å². The van der Waals surface area contributed by atoms with Crippen LogP contribution in [0.4, 0.5) is 8.78 Å². The molecule has 1 atom stereocenters. The number of rotatable bonds is 6. The Labute approximate surface area is 171 Å². The van der Waals surface area contributed by atoms with Crippen LogP contribution in [0.2, 0.25) is 0 Å². The second-order valence-electron chi connectivity index (χ2n) is 7.69. The van der Waals surface area contributed by atoms with Crippen molar-refractivity contribution in [3.05, 3.63) is 65.1 Å². The zero-order chi connectivity index (χ0) is 22.3. The van der Waals surface area contributed by atoms with Gasteiger partial charge in [0, 0.05) is 6.20 Å². The largest absolute Gasteiger partial charge is 0.485 e. The van der Waals surface area contributed by atoms with Crippen molar-refractivity contribution in [2.45, 2.75) is 45.6 Å². The first-order valence-electron chi connectivity index (χ1n) is 9.23. The summed E-state index contributed by atoms with van der Waals surface area (Å²) in [6.45, 7) is 5.24. The van der Waals surface area contributed by atoms with Gasteiger partial charge in [-0.15, -0.1) is 0 Å². The number of amides is 1. The minimum Gasteiger partial charge on any atom is -0.485 e. The topological polar surface area (TPSA) is 96.1 Å². The number of halogens is 2. The fraction of sp³-hybridized carbons (Fsp3) is 0.333. The van der Waals surface area contributed by atoms with Gasteiger partial charge in [-0.3, -0.25) is 9.20 Å². The second kappa shape index (κ2) is 7.66. The van der Waals surface area contributed by atoms with Gasteiger partial charge < -0.3 is 20.3 Å². The number of pyridine rings is 1. The molecule has 9 heteroatoms. The Hall–Kier alpha value is -3.04. The van der Waals surface area contributed by atoms with Crippen LogP contribution in [0.15, 0.2) is 36.5 Å². The Morgan fingerprint density at radius 2 is 1.80 bits per heavy atom. The van der Waals surface area contributed by atoms with Crippen molar-refractivity contribution in [1.29, 1.82) is 0 Å². The van der Waals surface area contributed by atoms with E-state index in [0.29, 0.717) is 5.69 Å². The van der Waals surface area contributed by atoms with E-state index in [0.717, 1.165) is 12.1 Å². The van der Waals surface area contributed by atoms with Crippen LogP contribution in [-0.2, 0) is 6.61 Å². The number of aromatic nitrogens is 2. The maximum absolute atomic E-state index is 13.9. The van der Waals surface area contributed by atoms with Gasteiger partial charge >= 0.3 is 0 Å². The van der Waals surface area contributed by atoms with Crippen molar-refractivity contribution < 1.29 is 28.5 Å². The third kappa shape index (κ3) is 3.99. The standard InChI is InChI=1S/C21H23F2N3O4/c1-12-17(19(27)25-21(4,29)20(2,3)28)26-10-6-9-16(18(26)24-12)30-11-13-14(22)7-5-8-15(13)23/h5-10,28-29H,11H2,1-4H3,(H,25,27). The number of hydrogen-bond donors (Lipinski definition) is 3. The van der Waals surface area contributed by atoms with Crippen molar-refractivity contribution in [2.24, 2.45) is 0 Å². The summed E-state index contributed by atoms with van der Waals surface area (Å²) in [4.78, 5) is 17.1. The van der Waals surface area contributed by atoms with E-state index in [-0.39, 0.29) is 29.3 Å². The van der Waals surface area contributed by atoms with Gasteiger partial charge in [-0.2, -0.15) is 0 Å². The van der Waals surface area contributed by atoms with Crippen molar-refractivity contribution in [1.82, 2.24) is 14.7 Å². The van der Waals surface area contributed by atoms with Crippen LogP contribution in [0.3, 0.4) is 0 Å². The number of hydrogen-bond acceptors (Lipinski definition) is 5. The summed E-state index contributed by atoms with van der Waals surface area (Å²) in [5, 5.41) is 22.9. The number of carbonyl (C=O) groups excluding carboxylic acids is 1. The maximum Gasteiger partial charge on any atom is 0.272 e. The van der Waals surface area contributed by atoms with E-state index in [1.165, 1.54) is 31.2 Å². The number of aliphatic hydroxyl groups is 2. The molecule has 160 valence electrons. The van der Waals surface area contributed by atoms with Crippen molar-refractivity contribution in [3.63, 3.8) is 0 Å². The predicted molar refractivity (Wildman–Crippen MR) is 105 cm³/mol. The maximum atomic E-state index is 13.9. The van der Waals surface area contributed by atoms with Crippen LogP contribution in [0.25, 0.3) is 5.65 Å². The van der Waals surface area contributed by atoms with Gasteiger partial charge in [-0.25, -0.2) is 13.8 Å². The van der Waals surface area contributed by atoms with Crippen LogP contribution in [-0.4, -0.2) is 36.8 Å². The van der Waals surface area contributed by atoms with E-state index in [4.69, 9.17) is 4.74 Å². The molecular formula is C21H23F2N3O4. The summed E-state index contributed by atoms with van der Waals surface area (Å²) in [5.74, 6) is -1.90. The molecule has 3 aromatic rings. The molecule has 2 aromatic heterocycles. The van der Waals surface area contributed by atoms with Gasteiger partial charge in [0.05, 0.1) is 11.3 Å². The number of fused-ring (bicyclic) bond motifs is 1. The van der Waals surface area contributed by atoms with Gasteiger partial charge in [0.15, 0.2) is 17.1 Å². The van der Waals surface area contributed by atoms with Crippen molar-refractivity contribution >= 4 is 11.6 Å². The summed E-state index contributed by atoms with van der Waals surface area (Å²) in [6, 6.07) is 6.69. The molecule has 0 aliphatic rings. The molecule has 0 saturated carbocycles. The number of benzene rings is 1. The number of nitrogens with one attached hydrogen (secondary N) is 1. The number of ether oxygens (including phenoxy) is 1. The molecule has 1 amide bonds. The first-order valence-corrected chi connectivity index (χ1v) is 9.23. The Morgan fingerprint density at radius 1 is 1.17 bits per heavy atom. The van der Waals surface area contributed by atoms with Crippen molar-refractivity contribution in [2.75, 3.05) is 0 Å². The van der Waals surface area contributed by atoms with Gasteiger partial charge in [0.25, 0.3) is 5.91 Å². The van der Waals surface area contributed by atoms with E-state index in [1.807, 2.05) is 0 Å². The molecule has 3 N–H and O–H groups in total. The Morgan fingerprint density at radius 3 is 2.40 bits per heavy atom. The van der Waals surface area contributed by atoms with E-state index < -0.39 is 28.9 Å². The van der Waals surface area contributed by atoms with Crippen molar-refractivity contribution in [3.8, 4) is 5.75 Å². The smallest absolute Gasteiger partial charge is 0.272 e. The Bertz CT molecular complexity index is 1080. The highest BCUT2D eigenvalue weighted by atomic mass is 19.1. The molecule has 0 aliphatic carbocycles. The fourth-order valence-electron chi connectivity index (χ4n) is 2.80. The predicted octanol–water partition coefficient (Wildman–Crippen LogP) is 2.71. The Balaban J connectivity index is 1.93. The quantitative estimate of drug-likeness (QED) is 0.534. The minimum absolute atomic E-state index is 0.122. The van der Waals surface area contributed by atoms with Crippen LogP contribution >= 0.6 is 0 Å². The molecule has 0 bridgehead atoms. The van der Waals surface area contributed by atoms with E-state index >= 15 is 0 Å². The molecule has 3 rings (SSSR count). The van der Waals surface area contributed by atoms with Crippen LogP contribution in [0, 0.1) is 18.6 Å². The monoisotopic (exact) mass is 419 g/mol. The van der Waals surface area contributed by atoms with E-state index in [1.54, 1.807) is 25.3 Å². The summed E-state index contributed by atoms with van der Waals surface area (Å²) in [7, 11) is 0. The molecule has 1 unspecified atom stereocenters. The molecule has 30 heavy (non-hydrogen) atoms. The molecule has 1 aromatic carbocycles. The van der Waals surface area contributed by atoms with Gasteiger partial charge in [0.2, 0.25) is 0 Å². The summed E-state index contributed by atoms with van der Waals surface area (Å²) >= 11 is 0. The number of imidazole rings is 1. The summed E-state index contributed by atoms with van der Waals surface area (Å²) < 4.78 is 34.7. The zero-order valence-electron chi connectivity index (χ0n) is 17.0. The molecule has 0 spiro atoms. The normalized spacial score (nSPS) is 13.9. The second-order valence-corrected chi connectivity index (χ2v) is 7.69. The molecule has 7 nitrogen and oxygen atoms in total. The lowest BCUT2D eigenvalue weighted by molar-refractivity contribution is -0.132. The average molecular weight is 419 g/mol. The number of nitrogens with zero attached hydrogens (tertiary/aromatic N) is 2. The summed E-state index contributed by atoms with van der Waals surface area (Å²) in [5.41, 5.74) is -3.00. The van der Waals surface area contributed by atoms with Crippen LogP contribution < -0.4 is 10.1 Å². The molecule has 0 fully saturated rings. The van der Waals surface area contributed by atoms with Crippen LogP contribution in [0.1, 0.15) is 42.5 Å². The third-order valence-corrected chi connectivity index (χ3v) is 4.99. The average Bonchev–Trinajstić information content (AvgIpc) is 2.96. The Kier molecular flexibility index (Phi) is 5.53.